The predicted molar refractivity (Wildman–Crippen MR) is 85.0 cm³/mol. The number of aliphatic hydroxyl groups excluding tert-OH is 1. The number of hydrogen-bond donors (Lipinski definition) is 2. The van der Waals surface area contributed by atoms with E-state index in [0.717, 1.165) is 10.2 Å². The summed E-state index contributed by atoms with van der Waals surface area (Å²) in [5.74, 6) is -0.380. The Balaban J connectivity index is 2.51. The molecule has 0 fully saturated rings. The van der Waals surface area contributed by atoms with Gasteiger partial charge in [0.2, 0.25) is 0 Å². The smallest absolute Gasteiger partial charge is 0.257 e. The number of rotatable bonds is 3. The quantitative estimate of drug-likeness (QED) is 0.832. The van der Waals surface area contributed by atoms with Gasteiger partial charge in [-0.2, -0.15) is 0 Å². The van der Waals surface area contributed by atoms with Crippen molar-refractivity contribution in [1.82, 2.24) is 0 Å². The van der Waals surface area contributed by atoms with Gasteiger partial charge in [0.15, 0.2) is 6.10 Å². The molecule has 1 aromatic carbocycles. The Hall–Kier alpha value is -1.33. The molecule has 2 rings (SSSR count). The standard InChI is InChI=1S/C15H19BrN2O2/c1-5-6-18(15(2,3)4)12-8-11-9(7-10(12)16)13(19)14(20)17-11/h5,7-8,13,19H,1,6H2,2-4H3,(H,17,20). The number of halogens is 1. The van der Waals surface area contributed by atoms with Gasteiger partial charge in [0.05, 0.1) is 5.69 Å². The van der Waals surface area contributed by atoms with Crippen molar-refractivity contribution in [3.8, 4) is 0 Å². The SMILES string of the molecule is C=CCN(c1cc2c(cc1Br)C(O)C(=O)N2)C(C)(C)C. The number of nitrogens with zero attached hydrogens (tertiary/aromatic N) is 1. The third-order valence-corrected chi connectivity index (χ3v) is 3.97. The van der Waals surface area contributed by atoms with Crippen LogP contribution < -0.4 is 10.2 Å². The molecule has 1 heterocycles. The maximum atomic E-state index is 11.5. The van der Waals surface area contributed by atoms with Crippen molar-refractivity contribution in [2.75, 3.05) is 16.8 Å². The summed E-state index contributed by atoms with van der Waals surface area (Å²) in [5.41, 5.74) is 2.15. The number of anilines is 2. The topological polar surface area (TPSA) is 52.6 Å². The molecule has 0 saturated heterocycles. The highest BCUT2D eigenvalue weighted by Crippen LogP contribution is 2.40. The summed E-state index contributed by atoms with van der Waals surface area (Å²) in [4.78, 5) is 13.7. The number of aliphatic hydroxyl groups is 1. The van der Waals surface area contributed by atoms with E-state index in [0.29, 0.717) is 17.8 Å². The van der Waals surface area contributed by atoms with Crippen molar-refractivity contribution in [3.63, 3.8) is 0 Å². The molecule has 1 unspecified atom stereocenters. The molecule has 0 saturated carbocycles. The first-order valence-corrected chi connectivity index (χ1v) is 7.26. The van der Waals surface area contributed by atoms with Crippen LogP contribution in [0.5, 0.6) is 0 Å². The van der Waals surface area contributed by atoms with E-state index in [2.05, 4.69) is 53.5 Å². The van der Waals surface area contributed by atoms with Gasteiger partial charge in [-0.05, 0) is 48.8 Å². The minimum atomic E-state index is -1.09. The molecule has 20 heavy (non-hydrogen) atoms. The number of carbonyl (C=O) groups excluding carboxylic acids is 1. The molecule has 4 nitrogen and oxygen atoms in total. The number of fused-ring (bicyclic) bond motifs is 1. The fraction of sp³-hybridized carbons (Fsp3) is 0.400. The van der Waals surface area contributed by atoms with Crippen LogP contribution in [0.25, 0.3) is 0 Å². The Morgan fingerprint density at radius 2 is 2.15 bits per heavy atom. The zero-order valence-corrected chi connectivity index (χ0v) is 13.5. The number of amides is 1. The predicted octanol–water partition coefficient (Wildman–Crippen LogP) is 3.23. The molecular weight excluding hydrogens is 320 g/mol. The first-order valence-electron chi connectivity index (χ1n) is 6.46. The van der Waals surface area contributed by atoms with Gasteiger partial charge in [-0.1, -0.05) is 6.08 Å². The van der Waals surface area contributed by atoms with E-state index in [4.69, 9.17) is 0 Å². The van der Waals surface area contributed by atoms with Gasteiger partial charge >= 0.3 is 0 Å². The Morgan fingerprint density at radius 1 is 1.50 bits per heavy atom. The largest absolute Gasteiger partial charge is 0.378 e. The van der Waals surface area contributed by atoms with Gasteiger partial charge in [-0.15, -0.1) is 6.58 Å². The Labute approximate surface area is 127 Å². The van der Waals surface area contributed by atoms with Gasteiger partial charge in [0.25, 0.3) is 5.91 Å². The molecule has 1 aromatic rings. The van der Waals surface area contributed by atoms with Crippen LogP contribution in [0.2, 0.25) is 0 Å². The Kier molecular flexibility index (Phi) is 3.93. The lowest BCUT2D eigenvalue weighted by atomic mass is 10.0. The maximum absolute atomic E-state index is 11.5. The summed E-state index contributed by atoms with van der Waals surface area (Å²) < 4.78 is 0.851. The van der Waals surface area contributed by atoms with Crippen LogP contribution >= 0.6 is 15.9 Å². The third kappa shape index (κ3) is 2.60. The lowest BCUT2D eigenvalue weighted by molar-refractivity contribution is -0.123. The summed E-state index contributed by atoms with van der Waals surface area (Å²) >= 11 is 3.53. The van der Waals surface area contributed by atoms with E-state index in [1.807, 2.05) is 12.1 Å². The van der Waals surface area contributed by atoms with Crippen LogP contribution in [0.15, 0.2) is 29.3 Å². The summed E-state index contributed by atoms with van der Waals surface area (Å²) in [6.45, 7) is 10.8. The molecule has 0 bridgehead atoms. The molecule has 1 aliphatic heterocycles. The van der Waals surface area contributed by atoms with Crippen molar-refractivity contribution < 1.29 is 9.90 Å². The first-order chi connectivity index (χ1) is 9.25. The number of hydrogen-bond acceptors (Lipinski definition) is 3. The number of benzene rings is 1. The van der Waals surface area contributed by atoms with Gasteiger partial charge in [0, 0.05) is 27.8 Å². The van der Waals surface area contributed by atoms with E-state index < -0.39 is 6.10 Å². The van der Waals surface area contributed by atoms with Crippen molar-refractivity contribution in [2.45, 2.75) is 32.4 Å². The summed E-state index contributed by atoms with van der Waals surface area (Å²) in [7, 11) is 0. The van der Waals surface area contributed by atoms with E-state index in [-0.39, 0.29) is 11.4 Å². The highest BCUT2D eigenvalue weighted by molar-refractivity contribution is 9.10. The molecular formula is C15H19BrN2O2. The van der Waals surface area contributed by atoms with Crippen LogP contribution in [-0.4, -0.2) is 23.1 Å². The molecule has 0 aliphatic carbocycles. The van der Waals surface area contributed by atoms with Crippen molar-refractivity contribution in [2.24, 2.45) is 0 Å². The van der Waals surface area contributed by atoms with Gasteiger partial charge in [-0.3, -0.25) is 4.79 Å². The molecule has 5 heteroatoms. The molecule has 0 aromatic heterocycles. The normalized spacial score (nSPS) is 17.6. The highest BCUT2D eigenvalue weighted by atomic mass is 79.9. The fourth-order valence-corrected chi connectivity index (χ4v) is 2.90. The molecule has 1 amide bonds. The van der Waals surface area contributed by atoms with Gasteiger partial charge in [0.1, 0.15) is 0 Å². The van der Waals surface area contributed by atoms with E-state index in [1.165, 1.54) is 0 Å². The number of carbonyl (C=O) groups is 1. The van der Waals surface area contributed by atoms with Crippen LogP contribution in [-0.2, 0) is 4.79 Å². The zero-order chi connectivity index (χ0) is 15.1. The average Bonchev–Trinajstić information content (AvgIpc) is 2.61. The van der Waals surface area contributed by atoms with Crippen LogP contribution in [0.3, 0.4) is 0 Å². The van der Waals surface area contributed by atoms with Gasteiger partial charge in [-0.25, -0.2) is 0 Å². The van der Waals surface area contributed by atoms with Crippen LogP contribution in [0.4, 0.5) is 11.4 Å². The molecule has 1 aliphatic rings. The van der Waals surface area contributed by atoms with Crippen molar-refractivity contribution in [1.29, 1.82) is 0 Å². The van der Waals surface area contributed by atoms with Crippen LogP contribution in [0.1, 0.15) is 32.4 Å². The second kappa shape index (κ2) is 5.22. The molecule has 0 spiro atoms. The summed E-state index contributed by atoms with van der Waals surface area (Å²) in [6.07, 6.45) is 0.760. The minimum absolute atomic E-state index is 0.0911. The van der Waals surface area contributed by atoms with Crippen molar-refractivity contribution in [3.05, 3.63) is 34.8 Å². The lowest BCUT2D eigenvalue weighted by Crippen LogP contribution is -2.41. The monoisotopic (exact) mass is 338 g/mol. The number of nitrogens with one attached hydrogen (secondary N) is 1. The minimum Gasteiger partial charge on any atom is -0.378 e. The molecule has 0 radical (unpaired) electrons. The fourth-order valence-electron chi connectivity index (χ4n) is 2.32. The molecule has 1 atom stereocenters. The Bertz CT molecular complexity index is 564. The first kappa shape index (κ1) is 15.1. The third-order valence-electron chi connectivity index (χ3n) is 3.33. The molecule has 108 valence electrons. The van der Waals surface area contributed by atoms with Crippen LogP contribution in [0, 0.1) is 0 Å². The second-order valence-corrected chi connectivity index (χ2v) is 6.71. The zero-order valence-electron chi connectivity index (χ0n) is 11.9. The molecule has 2 N–H and O–H groups in total. The average molecular weight is 339 g/mol. The lowest BCUT2D eigenvalue weighted by Gasteiger charge is -2.38. The second-order valence-electron chi connectivity index (χ2n) is 5.85. The summed E-state index contributed by atoms with van der Waals surface area (Å²) in [5, 5.41) is 12.5. The van der Waals surface area contributed by atoms with Crippen molar-refractivity contribution >= 4 is 33.2 Å². The highest BCUT2D eigenvalue weighted by Gasteiger charge is 2.31. The Morgan fingerprint density at radius 3 is 2.70 bits per heavy atom. The van der Waals surface area contributed by atoms with E-state index in [1.54, 1.807) is 6.07 Å². The van der Waals surface area contributed by atoms with Gasteiger partial charge < -0.3 is 15.3 Å². The summed E-state index contributed by atoms with van der Waals surface area (Å²) in [6, 6.07) is 3.69. The van der Waals surface area contributed by atoms with E-state index in [9.17, 15) is 9.90 Å². The van der Waals surface area contributed by atoms with E-state index >= 15 is 0 Å². The maximum Gasteiger partial charge on any atom is 0.257 e.